The van der Waals surface area contributed by atoms with E-state index in [0.29, 0.717) is 24.6 Å². The molecule has 0 bridgehead atoms. The van der Waals surface area contributed by atoms with Gasteiger partial charge in [0.05, 0.1) is 0 Å². The summed E-state index contributed by atoms with van der Waals surface area (Å²) in [5.74, 6) is 0.435. The number of rotatable bonds is 7. The van der Waals surface area contributed by atoms with Crippen LogP contribution in [0.2, 0.25) is 0 Å². The fraction of sp³-hybridized carbons (Fsp3) is 0.238. The molecule has 3 rings (SSSR count). The summed E-state index contributed by atoms with van der Waals surface area (Å²) in [7, 11) is 0. The van der Waals surface area contributed by atoms with Gasteiger partial charge in [-0.2, -0.15) is 13.2 Å². The lowest BCUT2D eigenvalue weighted by molar-refractivity contribution is -0.141. The molecule has 7 nitrogen and oxygen atoms in total. The number of aromatic nitrogens is 3. The van der Waals surface area contributed by atoms with Crippen LogP contribution in [0.25, 0.3) is 11.1 Å². The van der Waals surface area contributed by atoms with E-state index in [2.05, 4.69) is 30.9 Å². The molecule has 1 amide bonds. The SMILES string of the molecule is CC(=O)NCCNc1ccc(-c2cc(C)cc(Nc3nccc(C(F)(F)F)n3)c2)cn1. The Hall–Kier alpha value is -3.69. The molecule has 0 radical (unpaired) electrons. The van der Waals surface area contributed by atoms with Crippen LogP contribution in [0, 0.1) is 6.92 Å². The van der Waals surface area contributed by atoms with Crippen LogP contribution < -0.4 is 16.0 Å². The number of anilines is 3. The highest BCUT2D eigenvalue weighted by molar-refractivity contribution is 5.73. The molecule has 10 heteroatoms. The molecule has 0 aliphatic rings. The van der Waals surface area contributed by atoms with E-state index in [1.54, 1.807) is 18.3 Å². The van der Waals surface area contributed by atoms with Gasteiger partial charge in [-0.25, -0.2) is 15.0 Å². The molecule has 0 fully saturated rings. The third-order valence-corrected chi connectivity index (χ3v) is 4.18. The Morgan fingerprint density at radius 3 is 2.52 bits per heavy atom. The summed E-state index contributed by atoms with van der Waals surface area (Å²) in [5.41, 5.74) is 2.14. The van der Waals surface area contributed by atoms with Crippen molar-refractivity contribution in [2.45, 2.75) is 20.0 Å². The predicted octanol–water partition coefficient (Wildman–Crippen LogP) is 4.16. The average Bonchev–Trinajstić information content (AvgIpc) is 2.71. The van der Waals surface area contributed by atoms with Crippen molar-refractivity contribution in [1.29, 1.82) is 0 Å². The van der Waals surface area contributed by atoms with E-state index in [9.17, 15) is 18.0 Å². The summed E-state index contributed by atoms with van der Waals surface area (Å²) in [6, 6.07) is 10.0. The Morgan fingerprint density at radius 2 is 1.84 bits per heavy atom. The van der Waals surface area contributed by atoms with E-state index in [0.717, 1.165) is 29.0 Å². The first-order valence-electron chi connectivity index (χ1n) is 9.44. The molecule has 3 N–H and O–H groups in total. The highest BCUT2D eigenvalue weighted by Crippen LogP contribution is 2.29. The third kappa shape index (κ3) is 6.39. The lowest BCUT2D eigenvalue weighted by Gasteiger charge is -2.11. The van der Waals surface area contributed by atoms with Gasteiger partial charge in [0.15, 0.2) is 0 Å². The Bertz CT molecular complexity index is 1050. The molecule has 0 spiro atoms. The van der Waals surface area contributed by atoms with Crippen molar-refractivity contribution >= 4 is 23.4 Å². The Kier molecular flexibility index (Phi) is 6.68. The fourth-order valence-corrected chi connectivity index (χ4v) is 2.83. The lowest BCUT2D eigenvalue weighted by Crippen LogP contribution is -2.26. The number of carbonyl (C=O) groups is 1. The van der Waals surface area contributed by atoms with Crippen LogP contribution in [0.15, 0.2) is 48.8 Å². The lowest BCUT2D eigenvalue weighted by atomic mass is 10.0. The van der Waals surface area contributed by atoms with Crippen LogP contribution in [-0.4, -0.2) is 33.9 Å². The largest absolute Gasteiger partial charge is 0.433 e. The number of pyridine rings is 1. The van der Waals surface area contributed by atoms with Crippen LogP contribution in [0.1, 0.15) is 18.2 Å². The van der Waals surface area contributed by atoms with Gasteiger partial charge in [0.25, 0.3) is 0 Å². The normalized spacial score (nSPS) is 11.1. The standard InChI is InChI=1S/C21H21F3N6O/c1-13-9-16(15-3-4-19(28-12-15)26-8-7-25-14(2)31)11-17(10-13)29-20-27-6-5-18(30-20)21(22,23)24/h3-6,9-12H,7-8H2,1-2H3,(H,25,31)(H,26,28)(H,27,29,30). The molecular formula is C21H21F3N6O. The van der Waals surface area contributed by atoms with E-state index in [1.807, 2.05) is 25.1 Å². The van der Waals surface area contributed by atoms with Gasteiger partial charge in [-0.3, -0.25) is 4.79 Å². The molecule has 3 aromatic rings. The zero-order chi connectivity index (χ0) is 22.4. The monoisotopic (exact) mass is 430 g/mol. The Balaban J connectivity index is 1.73. The molecule has 0 aliphatic heterocycles. The predicted molar refractivity (Wildman–Crippen MR) is 112 cm³/mol. The van der Waals surface area contributed by atoms with Gasteiger partial charge < -0.3 is 16.0 Å². The third-order valence-electron chi connectivity index (χ3n) is 4.18. The maximum Gasteiger partial charge on any atom is 0.433 e. The average molecular weight is 430 g/mol. The second-order valence-corrected chi connectivity index (χ2v) is 6.82. The van der Waals surface area contributed by atoms with Crippen LogP contribution in [0.4, 0.5) is 30.6 Å². The number of amides is 1. The molecule has 0 unspecified atom stereocenters. The molecule has 0 saturated heterocycles. The van der Waals surface area contributed by atoms with Crippen molar-refractivity contribution in [3.05, 3.63) is 60.0 Å². The van der Waals surface area contributed by atoms with Gasteiger partial charge in [-0.05, 0) is 48.4 Å². The zero-order valence-corrected chi connectivity index (χ0v) is 16.9. The summed E-state index contributed by atoms with van der Waals surface area (Å²) in [6.45, 7) is 4.37. The zero-order valence-electron chi connectivity index (χ0n) is 16.9. The summed E-state index contributed by atoms with van der Waals surface area (Å²) in [6.07, 6.45) is -1.78. The fourth-order valence-electron chi connectivity index (χ4n) is 2.83. The maximum absolute atomic E-state index is 12.9. The van der Waals surface area contributed by atoms with Gasteiger partial charge in [-0.1, -0.05) is 6.07 Å². The Morgan fingerprint density at radius 1 is 1.03 bits per heavy atom. The van der Waals surface area contributed by atoms with Crippen molar-refractivity contribution in [3.8, 4) is 11.1 Å². The molecule has 0 aliphatic carbocycles. The van der Waals surface area contributed by atoms with Crippen molar-refractivity contribution < 1.29 is 18.0 Å². The highest BCUT2D eigenvalue weighted by atomic mass is 19.4. The quantitative estimate of drug-likeness (QED) is 0.488. The molecule has 31 heavy (non-hydrogen) atoms. The van der Waals surface area contributed by atoms with Crippen molar-refractivity contribution in [2.24, 2.45) is 0 Å². The van der Waals surface area contributed by atoms with Gasteiger partial charge in [-0.15, -0.1) is 0 Å². The van der Waals surface area contributed by atoms with E-state index >= 15 is 0 Å². The van der Waals surface area contributed by atoms with Crippen molar-refractivity contribution in [3.63, 3.8) is 0 Å². The topological polar surface area (TPSA) is 91.8 Å². The number of hydrogen-bond donors (Lipinski definition) is 3. The van der Waals surface area contributed by atoms with Gasteiger partial charge in [0.1, 0.15) is 11.5 Å². The van der Waals surface area contributed by atoms with E-state index in [1.165, 1.54) is 6.92 Å². The Labute approximate surface area is 177 Å². The number of hydrogen-bond acceptors (Lipinski definition) is 6. The minimum absolute atomic E-state index is 0.0931. The number of halogens is 3. The van der Waals surface area contributed by atoms with E-state index in [4.69, 9.17) is 0 Å². The van der Waals surface area contributed by atoms with Crippen LogP contribution >= 0.6 is 0 Å². The van der Waals surface area contributed by atoms with Gasteiger partial charge >= 0.3 is 6.18 Å². The van der Waals surface area contributed by atoms with Crippen LogP contribution in [0.3, 0.4) is 0 Å². The molecule has 1 aromatic carbocycles. The first-order valence-corrected chi connectivity index (χ1v) is 9.44. The number of aryl methyl sites for hydroxylation is 1. The van der Waals surface area contributed by atoms with Crippen LogP contribution in [-0.2, 0) is 11.0 Å². The molecule has 2 heterocycles. The number of alkyl halides is 3. The second kappa shape index (κ2) is 9.41. The number of nitrogens with one attached hydrogen (secondary N) is 3. The van der Waals surface area contributed by atoms with E-state index in [-0.39, 0.29) is 11.9 Å². The summed E-state index contributed by atoms with van der Waals surface area (Å²) in [4.78, 5) is 22.6. The summed E-state index contributed by atoms with van der Waals surface area (Å²) in [5, 5.41) is 8.63. The maximum atomic E-state index is 12.9. The first-order chi connectivity index (χ1) is 14.7. The molecular weight excluding hydrogens is 409 g/mol. The van der Waals surface area contributed by atoms with Crippen molar-refractivity contribution in [2.75, 3.05) is 23.7 Å². The number of benzene rings is 1. The summed E-state index contributed by atoms with van der Waals surface area (Å²) >= 11 is 0. The molecule has 0 saturated carbocycles. The first kappa shape index (κ1) is 22.0. The summed E-state index contributed by atoms with van der Waals surface area (Å²) < 4.78 is 38.6. The number of nitrogens with zero attached hydrogens (tertiary/aromatic N) is 3. The minimum Gasteiger partial charge on any atom is -0.368 e. The van der Waals surface area contributed by atoms with Gasteiger partial charge in [0, 0.05) is 43.7 Å². The molecule has 162 valence electrons. The van der Waals surface area contributed by atoms with E-state index < -0.39 is 11.9 Å². The van der Waals surface area contributed by atoms with Crippen LogP contribution in [0.5, 0.6) is 0 Å². The molecule has 0 atom stereocenters. The number of carbonyl (C=O) groups excluding carboxylic acids is 1. The highest BCUT2D eigenvalue weighted by Gasteiger charge is 2.32. The minimum atomic E-state index is -4.54. The van der Waals surface area contributed by atoms with Crippen molar-refractivity contribution in [1.82, 2.24) is 20.3 Å². The van der Waals surface area contributed by atoms with Gasteiger partial charge in [0.2, 0.25) is 11.9 Å². The smallest absolute Gasteiger partial charge is 0.368 e. The second-order valence-electron chi connectivity index (χ2n) is 6.82. The molecule has 2 aromatic heterocycles.